The molecule has 0 saturated carbocycles. The molecule has 0 aliphatic heterocycles. The summed E-state index contributed by atoms with van der Waals surface area (Å²) in [6, 6.07) is 1.49. The van der Waals surface area contributed by atoms with E-state index < -0.39 is 5.54 Å². The van der Waals surface area contributed by atoms with Gasteiger partial charge in [0.15, 0.2) is 0 Å². The largest absolute Gasteiger partial charge is 0.394 e. The van der Waals surface area contributed by atoms with Crippen molar-refractivity contribution in [3.63, 3.8) is 0 Å². The van der Waals surface area contributed by atoms with E-state index in [1.54, 1.807) is 0 Å². The fourth-order valence-electron chi connectivity index (χ4n) is 1.33. The monoisotopic (exact) mass is 212 g/mol. The first-order chi connectivity index (χ1) is 7.17. The van der Waals surface area contributed by atoms with Crippen LogP contribution in [0.15, 0.2) is 16.8 Å². The lowest BCUT2D eigenvalue weighted by Crippen LogP contribution is -2.50. The third-order valence-electron chi connectivity index (χ3n) is 2.70. The maximum Gasteiger partial charge on any atom is 0.290 e. The van der Waals surface area contributed by atoms with E-state index in [1.807, 2.05) is 13.8 Å². The quantitative estimate of drug-likeness (QED) is 0.762. The van der Waals surface area contributed by atoms with Gasteiger partial charge in [0, 0.05) is 6.07 Å². The topological polar surface area (TPSA) is 75.4 Å². The van der Waals surface area contributed by atoms with Crippen LogP contribution in [-0.4, -0.2) is 28.3 Å². The zero-order valence-electron chi connectivity index (χ0n) is 8.99. The van der Waals surface area contributed by atoms with Crippen LogP contribution < -0.4 is 5.32 Å². The molecule has 0 aliphatic carbocycles. The Kier molecular flexibility index (Phi) is 3.85. The molecule has 0 aliphatic rings. The van der Waals surface area contributed by atoms with E-state index >= 15 is 0 Å². The first kappa shape index (κ1) is 11.7. The maximum atomic E-state index is 11.6. The lowest BCUT2D eigenvalue weighted by Gasteiger charge is -2.30. The first-order valence-electron chi connectivity index (χ1n) is 5.01. The molecule has 1 heterocycles. The number of amides is 1. The summed E-state index contributed by atoms with van der Waals surface area (Å²) in [5.74, 6) is -0.181. The Hall–Kier alpha value is -1.36. The van der Waals surface area contributed by atoms with E-state index in [-0.39, 0.29) is 18.3 Å². The molecule has 1 rings (SSSR count). The van der Waals surface area contributed by atoms with Crippen molar-refractivity contribution in [2.45, 2.75) is 32.2 Å². The van der Waals surface area contributed by atoms with Gasteiger partial charge in [0.05, 0.1) is 18.3 Å². The molecule has 5 heteroatoms. The number of aliphatic hydroxyl groups excluding tert-OH is 1. The summed E-state index contributed by atoms with van der Waals surface area (Å²) in [5, 5.41) is 15.5. The predicted octanol–water partition coefficient (Wildman–Crippen LogP) is 0.956. The van der Waals surface area contributed by atoms with Gasteiger partial charge in [-0.2, -0.15) is 0 Å². The van der Waals surface area contributed by atoms with Gasteiger partial charge in [-0.3, -0.25) is 4.79 Å². The minimum absolute atomic E-state index is 0.0835. The molecule has 0 atom stereocenters. The molecule has 0 unspecified atom stereocenters. The van der Waals surface area contributed by atoms with Crippen molar-refractivity contribution < 1.29 is 14.4 Å². The summed E-state index contributed by atoms with van der Waals surface area (Å²) >= 11 is 0. The van der Waals surface area contributed by atoms with Crippen molar-refractivity contribution in [3.05, 3.63) is 18.0 Å². The Morgan fingerprint density at radius 3 is 2.67 bits per heavy atom. The van der Waals surface area contributed by atoms with Crippen LogP contribution in [0.2, 0.25) is 0 Å². The average molecular weight is 212 g/mol. The van der Waals surface area contributed by atoms with Crippen molar-refractivity contribution in [2.75, 3.05) is 6.61 Å². The minimum Gasteiger partial charge on any atom is -0.394 e. The number of aromatic nitrogens is 1. The molecule has 1 aromatic heterocycles. The number of carbonyl (C=O) groups excluding carboxylic acids is 1. The van der Waals surface area contributed by atoms with E-state index in [2.05, 4.69) is 10.5 Å². The number of nitrogens with one attached hydrogen (secondary N) is 1. The molecule has 5 nitrogen and oxygen atoms in total. The summed E-state index contributed by atoms with van der Waals surface area (Å²) < 4.78 is 4.73. The van der Waals surface area contributed by atoms with Gasteiger partial charge in [-0.1, -0.05) is 19.0 Å². The smallest absolute Gasteiger partial charge is 0.290 e. The number of rotatable bonds is 5. The van der Waals surface area contributed by atoms with E-state index in [1.165, 1.54) is 12.3 Å². The highest BCUT2D eigenvalue weighted by molar-refractivity contribution is 5.91. The third-order valence-corrected chi connectivity index (χ3v) is 2.70. The summed E-state index contributed by atoms with van der Waals surface area (Å²) in [6.45, 7) is 3.75. The molecular weight excluding hydrogens is 196 g/mol. The third kappa shape index (κ3) is 2.56. The maximum absolute atomic E-state index is 11.6. The van der Waals surface area contributed by atoms with Crippen LogP contribution >= 0.6 is 0 Å². The molecule has 2 N–H and O–H groups in total. The fraction of sp³-hybridized carbons (Fsp3) is 0.600. The van der Waals surface area contributed by atoms with Gasteiger partial charge in [0.25, 0.3) is 5.91 Å². The zero-order chi connectivity index (χ0) is 11.3. The van der Waals surface area contributed by atoms with Crippen molar-refractivity contribution in [2.24, 2.45) is 0 Å². The zero-order valence-corrected chi connectivity index (χ0v) is 8.99. The van der Waals surface area contributed by atoms with Crippen molar-refractivity contribution in [1.82, 2.24) is 10.5 Å². The van der Waals surface area contributed by atoms with E-state index in [4.69, 9.17) is 4.52 Å². The molecule has 1 amide bonds. The lowest BCUT2D eigenvalue weighted by molar-refractivity contribution is 0.0781. The van der Waals surface area contributed by atoms with Crippen molar-refractivity contribution in [3.8, 4) is 0 Å². The summed E-state index contributed by atoms with van der Waals surface area (Å²) in [4.78, 5) is 11.6. The highest BCUT2D eigenvalue weighted by Crippen LogP contribution is 2.15. The van der Waals surface area contributed by atoms with Crippen LogP contribution in [0, 0.1) is 0 Å². The van der Waals surface area contributed by atoms with Crippen LogP contribution in [0.25, 0.3) is 0 Å². The molecule has 84 valence electrons. The molecule has 15 heavy (non-hydrogen) atoms. The number of carbonyl (C=O) groups is 1. The Bertz CT molecular complexity index is 296. The van der Waals surface area contributed by atoms with Gasteiger partial charge < -0.3 is 14.9 Å². The first-order valence-corrected chi connectivity index (χ1v) is 5.01. The minimum atomic E-state index is -0.566. The molecule has 0 fully saturated rings. The summed E-state index contributed by atoms with van der Waals surface area (Å²) in [6.07, 6.45) is 2.74. The average Bonchev–Trinajstić information content (AvgIpc) is 2.79. The highest BCUT2D eigenvalue weighted by Gasteiger charge is 2.28. The van der Waals surface area contributed by atoms with Crippen LogP contribution in [-0.2, 0) is 0 Å². The molecule has 0 bridgehead atoms. The fourth-order valence-corrected chi connectivity index (χ4v) is 1.33. The molecule has 0 aromatic carbocycles. The summed E-state index contributed by atoms with van der Waals surface area (Å²) in [7, 11) is 0. The van der Waals surface area contributed by atoms with E-state index in [0.717, 1.165) is 0 Å². The predicted molar refractivity (Wildman–Crippen MR) is 54.4 cm³/mol. The number of nitrogens with zero attached hydrogens (tertiary/aromatic N) is 1. The van der Waals surface area contributed by atoms with Gasteiger partial charge in [-0.15, -0.1) is 0 Å². The SMILES string of the molecule is CCC(CC)(CO)NC(=O)c1ccno1. The van der Waals surface area contributed by atoms with Gasteiger partial charge in [0.2, 0.25) is 5.76 Å². The summed E-state index contributed by atoms with van der Waals surface area (Å²) in [5.41, 5.74) is -0.566. The van der Waals surface area contributed by atoms with Gasteiger partial charge in [0.1, 0.15) is 0 Å². The van der Waals surface area contributed by atoms with Crippen LogP contribution in [0.4, 0.5) is 0 Å². The van der Waals surface area contributed by atoms with Gasteiger partial charge >= 0.3 is 0 Å². The second kappa shape index (κ2) is 4.93. The van der Waals surface area contributed by atoms with Crippen LogP contribution in [0.1, 0.15) is 37.2 Å². The number of aliphatic hydroxyl groups is 1. The molecular formula is C10H16N2O3. The molecule has 0 spiro atoms. The molecule has 0 saturated heterocycles. The Balaban J connectivity index is 2.71. The number of hydrogen-bond donors (Lipinski definition) is 2. The normalized spacial score (nSPS) is 11.4. The second-order valence-corrected chi connectivity index (χ2v) is 3.48. The Morgan fingerprint density at radius 2 is 2.27 bits per heavy atom. The lowest BCUT2D eigenvalue weighted by atomic mass is 9.94. The van der Waals surface area contributed by atoms with E-state index in [9.17, 15) is 9.90 Å². The highest BCUT2D eigenvalue weighted by atomic mass is 16.5. The molecule has 0 radical (unpaired) electrons. The Morgan fingerprint density at radius 1 is 1.60 bits per heavy atom. The number of hydrogen-bond acceptors (Lipinski definition) is 4. The molecule has 1 aromatic rings. The van der Waals surface area contributed by atoms with E-state index in [0.29, 0.717) is 12.8 Å². The van der Waals surface area contributed by atoms with Crippen LogP contribution in [0.3, 0.4) is 0 Å². The Labute approximate surface area is 88.5 Å². The van der Waals surface area contributed by atoms with Gasteiger partial charge in [-0.25, -0.2) is 0 Å². The van der Waals surface area contributed by atoms with Crippen molar-refractivity contribution in [1.29, 1.82) is 0 Å². The van der Waals surface area contributed by atoms with Gasteiger partial charge in [-0.05, 0) is 12.8 Å². The van der Waals surface area contributed by atoms with Crippen LogP contribution in [0.5, 0.6) is 0 Å². The standard InChI is InChI=1S/C10H16N2O3/c1-3-10(4-2,7-13)12-9(14)8-5-6-11-15-8/h5-6,13H,3-4,7H2,1-2H3,(H,12,14). The second-order valence-electron chi connectivity index (χ2n) is 3.48. The van der Waals surface area contributed by atoms with Crippen molar-refractivity contribution >= 4 is 5.91 Å².